The molecule has 8 nitrogen and oxygen atoms in total. The van der Waals surface area contributed by atoms with Crippen LogP contribution in [0.1, 0.15) is 15.9 Å². The minimum atomic E-state index is -0.695. The summed E-state index contributed by atoms with van der Waals surface area (Å²) in [4.78, 5) is 37.0. The van der Waals surface area contributed by atoms with E-state index in [1.807, 2.05) is 0 Å². The van der Waals surface area contributed by atoms with Gasteiger partial charge in [-0.05, 0) is 48.0 Å². The number of aromatic hydroxyl groups is 1. The lowest BCUT2D eigenvalue weighted by Gasteiger charge is -2.11. The number of hydrogen-bond donors (Lipinski definition) is 2. The molecule has 0 radical (unpaired) electrons. The number of methoxy groups -OCH3 is 1. The molecule has 0 spiro atoms. The van der Waals surface area contributed by atoms with E-state index in [9.17, 15) is 19.5 Å². The molecule has 0 saturated carbocycles. The molecule has 0 bridgehead atoms. The third-order valence-electron chi connectivity index (χ3n) is 3.78. The fourth-order valence-corrected chi connectivity index (χ4v) is 2.30. The number of phenolic OH excluding ortho intramolecular Hbond substituents is 1. The van der Waals surface area contributed by atoms with Crippen LogP contribution in [0.4, 0.5) is 5.69 Å². The summed E-state index contributed by atoms with van der Waals surface area (Å²) in [7, 11) is 4.72. The Morgan fingerprint density at radius 2 is 1.79 bits per heavy atom. The smallest absolute Gasteiger partial charge is 0.331 e. The maximum absolute atomic E-state index is 11.9. The van der Waals surface area contributed by atoms with Crippen molar-refractivity contribution in [3.63, 3.8) is 0 Å². The molecule has 0 aliphatic rings. The van der Waals surface area contributed by atoms with Crippen LogP contribution in [-0.4, -0.2) is 55.6 Å². The molecule has 0 aliphatic carbocycles. The van der Waals surface area contributed by atoms with E-state index < -0.39 is 18.5 Å². The van der Waals surface area contributed by atoms with Crippen LogP contribution in [0, 0.1) is 0 Å². The van der Waals surface area contributed by atoms with E-state index >= 15 is 0 Å². The van der Waals surface area contributed by atoms with Crippen molar-refractivity contribution in [2.24, 2.45) is 0 Å². The van der Waals surface area contributed by atoms with Gasteiger partial charge in [-0.25, -0.2) is 4.79 Å². The van der Waals surface area contributed by atoms with Crippen molar-refractivity contribution in [3.05, 3.63) is 59.7 Å². The lowest BCUT2D eigenvalue weighted by Crippen LogP contribution is -2.22. The van der Waals surface area contributed by atoms with Crippen molar-refractivity contribution in [2.75, 3.05) is 33.1 Å². The number of rotatable bonds is 7. The average molecular weight is 398 g/mol. The Morgan fingerprint density at radius 1 is 1.10 bits per heavy atom. The van der Waals surface area contributed by atoms with Crippen LogP contribution < -0.4 is 10.1 Å². The van der Waals surface area contributed by atoms with Crippen LogP contribution in [0.2, 0.25) is 0 Å². The van der Waals surface area contributed by atoms with Gasteiger partial charge in [0.05, 0.1) is 7.11 Å². The summed E-state index contributed by atoms with van der Waals surface area (Å²) in [5, 5.41) is 12.1. The van der Waals surface area contributed by atoms with Gasteiger partial charge in [0.2, 0.25) is 0 Å². The van der Waals surface area contributed by atoms with Crippen LogP contribution in [0.3, 0.4) is 0 Å². The van der Waals surface area contributed by atoms with Crippen molar-refractivity contribution in [1.82, 2.24) is 4.90 Å². The zero-order valence-corrected chi connectivity index (χ0v) is 16.3. The highest BCUT2D eigenvalue weighted by molar-refractivity contribution is 5.96. The molecule has 152 valence electrons. The van der Waals surface area contributed by atoms with Gasteiger partial charge in [-0.3, -0.25) is 9.59 Å². The molecule has 29 heavy (non-hydrogen) atoms. The predicted octanol–water partition coefficient (Wildman–Crippen LogP) is 2.30. The summed E-state index contributed by atoms with van der Waals surface area (Å²) >= 11 is 0. The molecule has 0 fully saturated rings. The molecule has 0 heterocycles. The zero-order valence-electron chi connectivity index (χ0n) is 16.3. The van der Waals surface area contributed by atoms with Crippen molar-refractivity contribution in [2.45, 2.75) is 0 Å². The van der Waals surface area contributed by atoms with E-state index in [0.29, 0.717) is 16.8 Å². The van der Waals surface area contributed by atoms with E-state index in [1.165, 1.54) is 30.2 Å². The van der Waals surface area contributed by atoms with Gasteiger partial charge >= 0.3 is 5.97 Å². The van der Waals surface area contributed by atoms with Crippen LogP contribution >= 0.6 is 0 Å². The lowest BCUT2D eigenvalue weighted by molar-refractivity contribution is -0.142. The van der Waals surface area contributed by atoms with E-state index in [0.717, 1.165) is 0 Å². The summed E-state index contributed by atoms with van der Waals surface area (Å²) in [6.45, 7) is -0.458. The monoisotopic (exact) mass is 398 g/mol. The predicted molar refractivity (Wildman–Crippen MR) is 108 cm³/mol. The molecule has 8 heteroatoms. The third kappa shape index (κ3) is 6.39. The number of ether oxygens (including phenoxy) is 2. The first-order valence-corrected chi connectivity index (χ1v) is 8.63. The van der Waals surface area contributed by atoms with Crippen LogP contribution in [0.5, 0.6) is 11.5 Å². The Bertz CT molecular complexity index is 919. The van der Waals surface area contributed by atoms with E-state index in [1.54, 1.807) is 50.5 Å². The topological polar surface area (TPSA) is 105 Å². The number of anilines is 1. The van der Waals surface area contributed by atoms with Crippen LogP contribution in [0.15, 0.2) is 48.5 Å². The fraction of sp³-hybridized carbons (Fsp3) is 0.190. The minimum Gasteiger partial charge on any atom is -0.504 e. The maximum Gasteiger partial charge on any atom is 0.331 e. The van der Waals surface area contributed by atoms with E-state index in [2.05, 4.69) is 5.32 Å². The van der Waals surface area contributed by atoms with Gasteiger partial charge in [0.1, 0.15) is 0 Å². The third-order valence-corrected chi connectivity index (χ3v) is 3.78. The number of amides is 2. The molecule has 0 aromatic heterocycles. The number of carbonyl (C=O) groups is 3. The van der Waals surface area contributed by atoms with Gasteiger partial charge in [0.15, 0.2) is 18.1 Å². The second-order valence-corrected chi connectivity index (χ2v) is 6.20. The average Bonchev–Trinajstić information content (AvgIpc) is 2.71. The Labute approximate surface area is 168 Å². The van der Waals surface area contributed by atoms with Gasteiger partial charge in [-0.1, -0.05) is 6.07 Å². The molecule has 0 atom stereocenters. The first-order chi connectivity index (χ1) is 13.8. The summed E-state index contributed by atoms with van der Waals surface area (Å²) in [6.07, 6.45) is 2.64. The second-order valence-electron chi connectivity index (χ2n) is 6.20. The fourth-order valence-electron chi connectivity index (χ4n) is 2.30. The Balaban J connectivity index is 1.84. The molecule has 0 saturated heterocycles. The zero-order chi connectivity index (χ0) is 21.4. The molecular weight excluding hydrogens is 376 g/mol. The van der Waals surface area contributed by atoms with Gasteiger partial charge in [0, 0.05) is 31.4 Å². The number of phenols is 1. The number of benzene rings is 2. The number of esters is 1. The summed E-state index contributed by atoms with van der Waals surface area (Å²) in [6, 6.07) is 11.0. The SMILES string of the molecule is COc1cc(/C=C/C(=O)OCC(=O)Nc2ccc(C(=O)N(C)C)cc2)ccc1O. The molecule has 2 aromatic carbocycles. The largest absolute Gasteiger partial charge is 0.504 e. The van der Waals surface area contributed by atoms with Crippen LogP contribution in [0.25, 0.3) is 6.08 Å². The molecular formula is C21H22N2O6. The van der Waals surface area contributed by atoms with Crippen molar-refractivity contribution in [3.8, 4) is 11.5 Å². The lowest BCUT2D eigenvalue weighted by atomic mass is 10.2. The number of nitrogens with one attached hydrogen (secondary N) is 1. The minimum absolute atomic E-state index is 0.0111. The van der Waals surface area contributed by atoms with E-state index in [-0.39, 0.29) is 17.4 Å². The molecule has 2 N–H and O–H groups in total. The second kappa shape index (κ2) is 9.93. The van der Waals surface area contributed by atoms with Gasteiger partial charge in [-0.15, -0.1) is 0 Å². The number of hydrogen-bond acceptors (Lipinski definition) is 6. The summed E-state index contributed by atoms with van der Waals surface area (Å²) in [5.41, 5.74) is 1.59. The normalized spacial score (nSPS) is 10.4. The van der Waals surface area contributed by atoms with E-state index in [4.69, 9.17) is 9.47 Å². The summed E-state index contributed by atoms with van der Waals surface area (Å²) < 4.78 is 9.88. The Morgan fingerprint density at radius 3 is 2.41 bits per heavy atom. The molecule has 0 aliphatic heterocycles. The van der Waals surface area contributed by atoms with Crippen LogP contribution in [-0.2, 0) is 14.3 Å². The first kappa shape index (κ1) is 21.5. The van der Waals surface area contributed by atoms with Crippen molar-refractivity contribution in [1.29, 1.82) is 0 Å². The maximum atomic E-state index is 11.9. The Hall–Kier alpha value is -3.81. The standard InChI is InChI=1S/C21H22N2O6/c1-23(2)21(27)15-6-8-16(9-7-15)22-19(25)13-29-20(26)11-5-14-4-10-17(24)18(12-14)28-3/h4-12,24H,13H2,1-3H3,(H,22,25)/b11-5+. The molecule has 0 unspecified atom stereocenters. The number of nitrogens with zero attached hydrogens (tertiary/aromatic N) is 1. The van der Waals surface area contributed by atoms with Gasteiger partial charge in [0.25, 0.3) is 11.8 Å². The highest BCUT2D eigenvalue weighted by Gasteiger charge is 2.09. The molecule has 2 amide bonds. The molecule has 2 aromatic rings. The highest BCUT2D eigenvalue weighted by Crippen LogP contribution is 2.26. The van der Waals surface area contributed by atoms with Crippen molar-refractivity contribution < 1.29 is 29.0 Å². The highest BCUT2D eigenvalue weighted by atomic mass is 16.5. The molecule has 2 rings (SSSR count). The van der Waals surface area contributed by atoms with Gasteiger partial charge in [-0.2, -0.15) is 0 Å². The first-order valence-electron chi connectivity index (χ1n) is 8.63. The van der Waals surface area contributed by atoms with Gasteiger partial charge < -0.3 is 24.8 Å². The van der Waals surface area contributed by atoms with Crippen molar-refractivity contribution >= 4 is 29.5 Å². The number of carbonyl (C=O) groups excluding carboxylic acids is 3. The quantitative estimate of drug-likeness (QED) is 0.548. The Kier molecular flexibility index (Phi) is 7.36. The summed E-state index contributed by atoms with van der Waals surface area (Å²) in [5.74, 6) is -1.08.